The minimum Gasteiger partial charge on any atom is -0.372 e. The summed E-state index contributed by atoms with van der Waals surface area (Å²) in [5.41, 5.74) is 6.82. The van der Waals surface area contributed by atoms with Gasteiger partial charge in [0.1, 0.15) is 5.82 Å². The second-order valence-electron chi connectivity index (χ2n) is 10.7. The van der Waals surface area contributed by atoms with Crippen molar-refractivity contribution < 1.29 is 4.39 Å². The highest BCUT2D eigenvalue weighted by atomic mass is 19.1. The summed E-state index contributed by atoms with van der Waals surface area (Å²) in [7, 11) is 0. The maximum atomic E-state index is 12.5. The van der Waals surface area contributed by atoms with Gasteiger partial charge in [-0.3, -0.25) is 0 Å². The molecule has 2 nitrogen and oxygen atoms in total. The molecule has 2 unspecified atom stereocenters. The molecule has 2 atom stereocenters. The van der Waals surface area contributed by atoms with Crippen molar-refractivity contribution >= 4 is 0 Å². The summed E-state index contributed by atoms with van der Waals surface area (Å²) in [5.74, 6) is 0.449. The van der Waals surface area contributed by atoms with E-state index in [0.717, 1.165) is 44.5 Å². The van der Waals surface area contributed by atoms with Crippen molar-refractivity contribution in [1.29, 1.82) is 0 Å². The van der Waals surface area contributed by atoms with E-state index >= 15 is 0 Å². The lowest BCUT2D eigenvalue weighted by atomic mass is 9.86. The largest absolute Gasteiger partial charge is 0.372 e. The van der Waals surface area contributed by atoms with E-state index in [1.165, 1.54) is 54.2 Å². The van der Waals surface area contributed by atoms with Crippen LogP contribution in [0.3, 0.4) is 0 Å². The molecule has 0 aromatic heterocycles. The highest BCUT2D eigenvalue weighted by Gasteiger charge is 2.21. The van der Waals surface area contributed by atoms with Gasteiger partial charge in [-0.05, 0) is 87.3 Å². The lowest BCUT2D eigenvalue weighted by Crippen LogP contribution is -2.48. The van der Waals surface area contributed by atoms with Gasteiger partial charge in [-0.1, -0.05) is 131 Å². The highest BCUT2D eigenvalue weighted by Crippen LogP contribution is 2.32. The summed E-state index contributed by atoms with van der Waals surface area (Å²) in [6.07, 6.45) is 17.4. The number of piperazine rings is 1. The lowest BCUT2D eigenvalue weighted by molar-refractivity contribution is 0.254. The zero-order chi connectivity index (χ0) is 33.6. The average molecular weight is 601 g/mol. The Kier molecular flexibility index (Phi) is 33.0. The third-order valence-electron chi connectivity index (χ3n) is 7.20. The Balaban J connectivity index is -0.000000688. The van der Waals surface area contributed by atoms with E-state index in [-0.39, 0.29) is 5.82 Å². The Morgan fingerprint density at radius 3 is 2.09 bits per heavy atom. The van der Waals surface area contributed by atoms with Gasteiger partial charge in [0.2, 0.25) is 0 Å². The molecule has 0 aliphatic carbocycles. The molecule has 1 saturated heterocycles. The number of hydrogen-bond acceptors (Lipinski definition) is 2. The van der Waals surface area contributed by atoms with Gasteiger partial charge in [0.15, 0.2) is 0 Å². The molecule has 1 fully saturated rings. The monoisotopic (exact) mass is 601 g/mol. The Hall–Kier alpha value is -2.13. The molecule has 0 radical (unpaired) electrons. The van der Waals surface area contributed by atoms with Crippen LogP contribution in [0.1, 0.15) is 141 Å². The quantitative estimate of drug-likeness (QED) is 0.254. The van der Waals surface area contributed by atoms with Crippen molar-refractivity contribution in [2.75, 3.05) is 19.6 Å². The number of nitrogens with zero attached hydrogens (tertiary/aromatic N) is 1. The molecule has 1 N–H and O–H groups in total. The number of halogens is 1. The second-order valence-corrected chi connectivity index (χ2v) is 10.7. The van der Waals surface area contributed by atoms with Crippen LogP contribution in [0.2, 0.25) is 0 Å². The molecule has 1 aromatic rings. The average Bonchev–Trinajstić information content (AvgIpc) is 3.02. The molecule has 0 saturated carbocycles. The Morgan fingerprint density at radius 2 is 1.65 bits per heavy atom. The van der Waals surface area contributed by atoms with Gasteiger partial charge in [-0.2, -0.15) is 0 Å². The number of nitrogens with one attached hydrogen (secondary N) is 1. The van der Waals surface area contributed by atoms with E-state index in [9.17, 15) is 4.39 Å². The Labute approximate surface area is 270 Å². The van der Waals surface area contributed by atoms with Gasteiger partial charge in [0, 0.05) is 31.4 Å². The summed E-state index contributed by atoms with van der Waals surface area (Å²) in [6, 6.07) is 7.31. The van der Waals surface area contributed by atoms with Gasteiger partial charge in [0.05, 0.1) is 0 Å². The van der Waals surface area contributed by atoms with Crippen LogP contribution in [0.4, 0.5) is 4.39 Å². The van der Waals surface area contributed by atoms with Gasteiger partial charge in [-0.15, -0.1) is 0 Å². The van der Waals surface area contributed by atoms with Crippen LogP contribution in [0.5, 0.6) is 0 Å². The zero-order valence-corrected chi connectivity index (χ0v) is 31.2. The number of unbranched alkanes of at least 4 members (excludes halogenated alkanes) is 2. The first-order valence-electron chi connectivity index (χ1n) is 17.6. The molecule has 2 rings (SSSR count). The summed E-state index contributed by atoms with van der Waals surface area (Å²) in [4.78, 5) is 2.56. The van der Waals surface area contributed by atoms with Crippen LogP contribution in [0, 0.1) is 11.7 Å². The molecule has 3 heteroatoms. The predicted molar refractivity (Wildman–Crippen MR) is 196 cm³/mol. The molecule has 1 heterocycles. The Morgan fingerprint density at radius 1 is 1.02 bits per heavy atom. The van der Waals surface area contributed by atoms with Gasteiger partial charge < -0.3 is 10.2 Å². The molecule has 0 bridgehead atoms. The second kappa shape index (κ2) is 31.3. The highest BCUT2D eigenvalue weighted by molar-refractivity contribution is 5.50. The predicted octanol–water partition coefficient (Wildman–Crippen LogP) is 12.5. The number of hydrogen-bond donors (Lipinski definition) is 1. The molecule has 250 valence electrons. The summed E-state index contributed by atoms with van der Waals surface area (Å²) < 4.78 is 12.5. The van der Waals surface area contributed by atoms with Crippen molar-refractivity contribution in [2.24, 2.45) is 5.92 Å². The first kappa shape index (κ1) is 45.3. The van der Waals surface area contributed by atoms with Crippen molar-refractivity contribution in [3.05, 3.63) is 82.4 Å². The Bertz CT molecular complexity index is 892. The first-order chi connectivity index (χ1) is 20.7. The molecule has 1 aliphatic heterocycles. The van der Waals surface area contributed by atoms with E-state index in [2.05, 4.69) is 104 Å². The minimum absolute atomic E-state index is 0.133. The molecule has 43 heavy (non-hydrogen) atoms. The van der Waals surface area contributed by atoms with E-state index in [1.807, 2.05) is 33.8 Å². The van der Waals surface area contributed by atoms with Crippen LogP contribution in [-0.2, 0) is 6.42 Å². The summed E-state index contributed by atoms with van der Waals surface area (Å²) >= 11 is 0. The number of allylic oxidation sites excluding steroid dienone is 8. The molecule has 1 aromatic carbocycles. The van der Waals surface area contributed by atoms with Crippen molar-refractivity contribution in [3.8, 4) is 0 Å². The third-order valence-corrected chi connectivity index (χ3v) is 7.20. The maximum absolute atomic E-state index is 12.5. The van der Waals surface area contributed by atoms with Crippen molar-refractivity contribution in [2.45, 2.75) is 148 Å². The van der Waals surface area contributed by atoms with E-state index < -0.39 is 0 Å². The van der Waals surface area contributed by atoms with E-state index in [4.69, 9.17) is 0 Å². The topological polar surface area (TPSA) is 15.3 Å². The first-order valence-corrected chi connectivity index (χ1v) is 17.6. The third kappa shape index (κ3) is 21.3. The fourth-order valence-electron chi connectivity index (χ4n) is 4.78. The summed E-state index contributed by atoms with van der Waals surface area (Å²) in [6.45, 7) is 33.6. The zero-order valence-electron chi connectivity index (χ0n) is 31.2. The lowest BCUT2D eigenvalue weighted by Gasteiger charge is -2.36. The van der Waals surface area contributed by atoms with E-state index in [0.29, 0.717) is 12.0 Å². The van der Waals surface area contributed by atoms with Gasteiger partial charge in [-0.25, -0.2) is 4.39 Å². The van der Waals surface area contributed by atoms with Gasteiger partial charge in [0.25, 0.3) is 0 Å². The number of rotatable bonds is 11. The SMILES string of the molecule is CC.CC.CCCCC.CCCc1cccc(F)c1.C\C=C(C(/C(C)=C\C=C\CC)=C(/C)N1CCNC(C)C1)\C(C)CC. The fourth-order valence-corrected chi connectivity index (χ4v) is 4.78. The van der Waals surface area contributed by atoms with Gasteiger partial charge >= 0.3 is 0 Å². The molecular weight excluding hydrogens is 527 g/mol. The van der Waals surface area contributed by atoms with Crippen LogP contribution in [0.25, 0.3) is 0 Å². The van der Waals surface area contributed by atoms with Crippen LogP contribution >= 0.6 is 0 Å². The maximum Gasteiger partial charge on any atom is 0.123 e. The molecule has 0 spiro atoms. The fraction of sp³-hybridized carbons (Fsp3) is 0.650. The van der Waals surface area contributed by atoms with E-state index in [1.54, 1.807) is 12.1 Å². The van der Waals surface area contributed by atoms with Crippen LogP contribution < -0.4 is 5.32 Å². The number of aryl methyl sites for hydroxylation is 1. The minimum atomic E-state index is -0.133. The number of benzene rings is 1. The normalized spacial score (nSPS) is 16.3. The van der Waals surface area contributed by atoms with Crippen molar-refractivity contribution in [3.63, 3.8) is 0 Å². The summed E-state index contributed by atoms with van der Waals surface area (Å²) in [5, 5.41) is 3.55. The molecular formula is C40H73FN2. The van der Waals surface area contributed by atoms with Crippen LogP contribution in [0.15, 0.2) is 71.0 Å². The smallest absolute Gasteiger partial charge is 0.123 e. The van der Waals surface area contributed by atoms with Crippen molar-refractivity contribution in [1.82, 2.24) is 10.2 Å². The standard InChI is InChI=1S/C22H38N2.C9H11F.C5H12.2C2H6/c1-8-11-12-13-18(5)22(21(10-3)17(4)9-2)20(7)24-15-14-23-19(6)16-24;1-2-4-8-5-3-6-9(10)7-8;1-3-5-4-2;2*1-2/h10-13,17,19,23H,8-9,14-16H2,1-7H3;3,5-7H,2,4H2,1H3;3-5H2,1-2H3;2*1-2H3/b12-11+,18-13-,21-10-,22-20-;;;;. The molecule has 0 amide bonds. The van der Waals surface area contributed by atoms with Crippen LogP contribution in [-0.4, -0.2) is 30.6 Å². The molecule has 1 aliphatic rings.